The number of benzene rings is 1. The van der Waals surface area contributed by atoms with Crippen molar-refractivity contribution in [3.8, 4) is 0 Å². The molecule has 0 aliphatic carbocycles. The lowest BCUT2D eigenvalue weighted by Crippen LogP contribution is -2.19. The highest BCUT2D eigenvalue weighted by Gasteiger charge is 2.06. The van der Waals surface area contributed by atoms with Gasteiger partial charge >= 0.3 is 0 Å². The first-order valence-corrected chi connectivity index (χ1v) is 7.22. The van der Waals surface area contributed by atoms with E-state index >= 15 is 0 Å². The second-order valence-electron chi connectivity index (χ2n) is 5.13. The topological polar surface area (TPSA) is 17.0 Å². The van der Waals surface area contributed by atoms with Crippen LogP contribution in [0.15, 0.2) is 48.8 Å². The first kappa shape index (κ1) is 13.9. The Kier molecular flexibility index (Phi) is 5.22. The molecule has 0 aliphatic rings. The largest absolute Gasteiger partial charge is 0.350 e. The Labute approximate surface area is 116 Å². The summed E-state index contributed by atoms with van der Waals surface area (Å²) in [6.07, 6.45) is 6.90. The number of rotatable bonds is 7. The number of hydrogen-bond donors (Lipinski definition) is 1. The molecule has 0 spiro atoms. The molecule has 0 saturated carbocycles. The summed E-state index contributed by atoms with van der Waals surface area (Å²) in [4.78, 5) is 0. The summed E-state index contributed by atoms with van der Waals surface area (Å²) in [6.45, 7) is 6.50. The number of nitrogens with zero attached hydrogens (tertiary/aromatic N) is 1. The van der Waals surface area contributed by atoms with Crippen molar-refractivity contribution in [1.29, 1.82) is 0 Å². The van der Waals surface area contributed by atoms with Crippen LogP contribution in [0.2, 0.25) is 0 Å². The number of unbranched alkanes of at least 4 members (excludes halogenated alkanes) is 1. The normalized spacial score (nSPS) is 12.5. The van der Waals surface area contributed by atoms with Crippen molar-refractivity contribution in [1.82, 2.24) is 9.88 Å². The standard InChI is InChI=1S/C17H24N2/c1-3-4-11-18-15(2)17-10-12-19(14-17)13-16-8-6-5-7-9-16/h5-10,12,14-15,18H,3-4,11,13H2,1-2H3/t15-/m0/s1. The van der Waals surface area contributed by atoms with Gasteiger partial charge in [-0.05, 0) is 37.1 Å². The Bertz CT molecular complexity index is 473. The van der Waals surface area contributed by atoms with Crippen molar-refractivity contribution >= 4 is 0 Å². The van der Waals surface area contributed by atoms with Crippen molar-refractivity contribution in [3.63, 3.8) is 0 Å². The molecule has 1 N–H and O–H groups in total. The summed E-state index contributed by atoms with van der Waals surface area (Å²) in [5.41, 5.74) is 2.71. The minimum Gasteiger partial charge on any atom is -0.350 e. The van der Waals surface area contributed by atoms with E-state index < -0.39 is 0 Å². The molecule has 2 aromatic rings. The Hall–Kier alpha value is -1.54. The van der Waals surface area contributed by atoms with Crippen molar-refractivity contribution < 1.29 is 0 Å². The highest BCUT2D eigenvalue weighted by Crippen LogP contribution is 2.14. The molecule has 0 saturated heterocycles. The Balaban J connectivity index is 1.91. The van der Waals surface area contributed by atoms with Crippen molar-refractivity contribution in [2.45, 2.75) is 39.3 Å². The molecule has 1 heterocycles. The SMILES string of the molecule is CCCCN[C@@H](C)c1ccn(Cc2ccccc2)c1. The Morgan fingerprint density at radius 3 is 2.68 bits per heavy atom. The van der Waals surface area contributed by atoms with E-state index in [-0.39, 0.29) is 0 Å². The summed E-state index contributed by atoms with van der Waals surface area (Å²) in [5, 5.41) is 3.56. The van der Waals surface area contributed by atoms with E-state index in [1.165, 1.54) is 24.0 Å². The summed E-state index contributed by atoms with van der Waals surface area (Å²) in [7, 11) is 0. The summed E-state index contributed by atoms with van der Waals surface area (Å²) in [6, 6.07) is 13.2. The molecule has 0 fully saturated rings. The van der Waals surface area contributed by atoms with Gasteiger partial charge in [-0.25, -0.2) is 0 Å². The van der Waals surface area contributed by atoms with E-state index in [9.17, 15) is 0 Å². The van der Waals surface area contributed by atoms with Crippen LogP contribution in [0.3, 0.4) is 0 Å². The fourth-order valence-corrected chi connectivity index (χ4v) is 2.22. The Morgan fingerprint density at radius 2 is 1.95 bits per heavy atom. The monoisotopic (exact) mass is 256 g/mol. The van der Waals surface area contributed by atoms with Gasteiger partial charge in [0.1, 0.15) is 0 Å². The Morgan fingerprint density at radius 1 is 1.16 bits per heavy atom. The molecule has 2 heteroatoms. The third kappa shape index (κ3) is 4.25. The van der Waals surface area contributed by atoms with E-state index in [4.69, 9.17) is 0 Å². The molecule has 1 atom stereocenters. The van der Waals surface area contributed by atoms with Gasteiger partial charge in [0.05, 0.1) is 0 Å². The molecule has 0 unspecified atom stereocenters. The van der Waals surface area contributed by atoms with Crippen molar-refractivity contribution in [2.75, 3.05) is 6.54 Å². The number of nitrogens with one attached hydrogen (secondary N) is 1. The highest BCUT2D eigenvalue weighted by molar-refractivity contribution is 5.19. The summed E-state index contributed by atoms with van der Waals surface area (Å²) >= 11 is 0. The van der Waals surface area contributed by atoms with Gasteiger partial charge in [0.15, 0.2) is 0 Å². The van der Waals surface area contributed by atoms with Gasteiger partial charge in [-0.15, -0.1) is 0 Å². The minimum atomic E-state index is 0.434. The fourth-order valence-electron chi connectivity index (χ4n) is 2.22. The zero-order valence-corrected chi connectivity index (χ0v) is 12.0. The van der Waals surface area contributed by atoms with Crippen LogP contribution in [0.4, 0.5) is 0 Å². The van der Waals surface area contributed by atoms with Gasteiger partial charge < -0.3 is 9.88 Å². The van der Waals surface area contributed by atoms with E-state index in [1.807, 2.05) is 0 Å². The third-order valence-corrected chi connectivity index (χ3v) is 3.46. The lowest BCUT2D eigenvalue weighted by atomic mass is 10.2. The van der Waals surface area contributed by atoms with Crippen molar-refractivity contribution in [3.05, 3.63) is 59.9 Å². The van der Waals surface area contributed by atoms with Gasteiger partial charge in [0.25, 0.3) is 0 Å². The van der Waals surface area contributed by atoms with Crippen LogP contribution in [-0.2, 0) is 6.54 Å². The highest BCUT2D eigenvalue weighted by atomic mass is 15.0. The zero-order valence-electron chi connectivity index (χ0n) is 12.0. The maximum Gasteiger partial charge on any atom is 0.0470 e. The predicted octanol–water partition coefficient (Wildman–Crippen LogP) is 3.99. The lowest BCUT2D eigenvalue weighted by Gasteiger charge is -2.11. The first-order valence-electron chi connectivity index (χ1n) is 7.22. The third-order valence-electron chi connectivity index (χ3n) is 3.46. The average molecular weight is 256 g/mol. The van der Waals surface area contributed by atoms with Crippen LogP contribution in [0.25, 0.3) is 0 Å². The molecule has 19 heavy (non-hydrogen) atoms. The molecule has 2 nitrogen and oxygen atoms in total. The van der Waals surface area contributed by atoms with Crippen LogP contribution >= 0.6 is 0 Å². The van der Waals surface area contributed by atoms with Crippen molar-refractivity contribution in [2.24, 2.45) is 0 Å². The maximum absolute atomic E-state index is 3.56. The van der Waals surface area contributed by atoms with Gasteiger partial charge in [-0.1, -0.05) is 43.7 Å². The van der Waals surface area contributed by atoms with E-state index in [0.717, 1.165) is 13.1 Å². The molecule has 0 aliphatic heterocycles. The summed E-state index contributed by atoms with van der Waals surface area (Å²) in [5.74, 6) is 0. The molecular weight excluding hydrogens is 232 g/mol. The van der Waals surface area contributed by atoms with Gasteiger partial charge in [-0.3, -0.25) is 0 Å². The molecule has 1 aromatic heterocycles. The molecule has 2 rings (SSSR count). The molecule has 0 amide bonds. The zero-order chi connectivity index (χ0) is 13.5. The predicted molar refractivity (Wildman–Crippen MR) is 81.3 cm³/mol. The lowest BCUT2D eigenvalue weighted by molar-refractivity contribution is 0.553. The number of hydrogen-bond acceptors (Lipinski definition) is 1. The second-order valence-corrected chi connectivity index (χ2v) is 5.13. The molecular formula is C17H24N2. The van der Waals surface area contributed by atoms with Crippen LogP contribution in [0, 0.1) is 0 Å². The molecule has 0 bridgehead atoms. The van der Waals surface area contributed by atoms with Crippen LogP contribution in [0.5, 0.6) is 0 Å². The molecule has 0 radical (unpaired) electrons. The summed E-state index contributed by atoms with van der Waals surface area (Å²) < 4.78 is 2.25. The van der Waals surface area contributed by atoms with E-state index in [0.29, 0.717) is 6.04 Å². The van der Waals surface area contributed by atoms with Crippen LogP contribution in [-0.4, -0.2) is 11.1 Å². The van der Waals surface area contributed by atoms with E-state index in [1.54, 1.807) is 0 Å². The average Bonchev–Trinajstić information content (AvgIpc) is 2.89. The van der Waals surface area contributed by atoms with Gasteiger partial charge in [0.2, 0.25) is 0 Å². The second kappa shape index (κ2) is 7.15. The maximum atomic E-state index is 3.56. The quantitative estimate of drug-likeness (QED) is 0.741. The molecule has 102 valence electrons. The fraction of sp³-hybridized carbons (Fsp3) is 0.412. The number of aromatic nitrogens is 1. The first-order chi connectivity index (χ1) is 9.29. The van der Waals surface area contributed by atoms with Crippen LogP contribution < -0.4 is 5.32 Å². The van der Waals surface area contributed by atoms with Gasteiger partial charge in [0, 0.05) is 25.0 Å². The molecule has 1 aromatic carbocycles. The van der Waals surface area contributed by atoms with Crippen LogP contribution in [0.1, 0.15) is 43.9 Å². The minimum absolute atomic E-state index is 0.434. The van der Waals surface area contributed by atoms with E-state index in [2.05, 4.69) is 72.5 Å². The van der Waals surface area contributed by atoms with Gasteiger partial charge in [-0.2, -0.15) is 0 Å². The smallest absolute Gasteiger partial charge is 0.0470 e.